The number of fused-ring (bicyclic) bond motifs is 2. The summed E-state index contributed by atoms with van der Waals surface area (Å²) in [6.45, 7) is 11.1. The van der Waals surface area contributed by atoms with Crippen LogP contribution in [0, 0.1) is 11.6 Å². The Labute approximate surface area is 336 Å². The number of amides is 2. The topological polar surface area (TPSA) is 165 Å². The van der Waals surface area contributed by atoms with E-state index in [4.69, 9.17) is 15.2 Å². The van der Waals surface area contributed by atoms with Crippen molar-refractivity contribution >= 4 is 65.6 Å². The van der Waals surface area contributed by atoms with Gasteiger partial charge in [-0.3, -0.25) is 0 Å². The molecule has 0 bridgehead atoms. The Morgan fingerprint density at radius 1 is 0.661 bits per heavy atom. The van der Waals surface area contributed by atoms with E-state index < -0.39 is 17.3 Å². The van der Waals surface area contributed by atoms with Crippen molar-refractivity contribution in [1.29, 1.82) is 0 Å². The molecule has 3 aliphatic carbocycles. The van der Waals surface area contributed by atoms with E-state index in [2.05, 4.69) is 36.6 Å². The number of nitrogens with two attached hydrogens (primary N) is 1. The molecule has 0 unspecified atom stereocenters. The smallest absolute Gasteiger partial charge is 0.407 e. The van der Waals surface area contributed by atoms with Crippen LogP contribution < -0.4 is 32.3 Å². The molecule has 7 rings (SSSR count). The van der Waals surface area contributed by atoms with Gasteiger partial charge >= 0.3 is 12.2 Å². The molecule has 4 aromatic rings. The molecule has 2 heterocycles. The van der Waals surface area contributed by atoms with Gasteiger partial charge in [0, 0.05) is 30.2 Å². The highest BCUT2D eigenvalue weighted by Crippen LogP contribution is 2.31. The Hall–Kier alpha value is -3.86. The molecule has 0 aliphatic heterocycles. The average molecular weight is 817 g/mol. The van der Waals surface area contributed by atoms with Gasteiger partial charge in [0.25, 0.3) is 0 Å². The SMILES string of the molecule is CC(C)(C)OC(=O)N[C@@H]1CCC[C@@H]1N.CC(C)(C)OC(=O)N[C@@H]1CCC[C@@H]1Nc1nc2ccc(F)cc2s1.CN[C@@H]1CCC[C@@H]1Nc1nc2ccc(F)cc2s1. The van der Waals surface area contributed by atoms with Crippen molar-refractivity contribution in [3.05, 3.63) is 48.0 Å². The molecule has 6 atom stereocenters. The zero-order chi connectivity index (χ0) is 40.6. The fourth-order valence-electron chi connectivity index (χ4n) is 7.11. The number of hydrogen-bond acceptors (Lipinski definition) is 12. The molecule has 0 spiro atoms. The van der Waals surface area contributed by atoms with E-state index in [0.717, 1.165) is 75.6 Å². The number of nitrogens with zero attached hydrogens (tertiary/aromatic N) is 2. The van der Waals surface area contributed by atoms with Gasteiger partial charge in [-0.1, -0.05) is 22.7 Å². The standard InChI is InChI=1S/C17H22FN3O2S.C13H16FN3S.C10H20N2O2/c1-17(2,3)23-16(22)21-12-6-4-5-11(12)19-15-20-13-8-7-10(18)9-14(13)24-15;1-15-9-3-2-4-10(9)16-13-17-11-6-5-8(14)7-12(11)18-13;1-10(2,3)14-9(13)12-8-6-4-5-7(8)11/h7-9,11-12H,4-6H2,1-3H3,(H,19,20)(H,21,22);5-7,9-10,15H,2-4H2,1H3,(H,16,17);7-8H,4-6,11H2,1-3H3,(H,12,13)/t11-,12+;9-,10+;7-,8+/m010/s1. The van der Waals surface area contributed by atoms with Crippen LogP contribution in [-0.4, -0.2) is 76.7 Å². The summed E-state index contributed by atoms with van der Waals surface area (Å²) in [7, 11) is 2.00. The molecule has 56 heavy (non-hydrogen) atoms. The molecule has 308 valence electrons. The summed E-state index contributed by atoms with van der Waals surface area (Å²) >= 11 is 2.94. The maximum atomic E-state index is 13.3. The van der Waals surface area contributed by atoms with Crippen LogP contribution in [0.25, 0.3) is 20.4 Å². The second kappa shape index (κ2) is 19.1. The second-order valence-electron chi connectivity index (χ2n) is 16.6. The summed E-state index contributed by atoms with van der Waals surface area (Å²) in [5.74, 6) is -0.463. The Bertz CT molecular complexity index is 1910. The number of thiazole rings is 2. The largest absolute Gasteiger partial charge is 0.444 e. The number of hydrogen-bond donors (Lipinski definition) is 6. The van der Waals surface area contributed by atoms with E-state index in [-0.39, 0.29) is 41.9 Å². The summed E-state index contributed by atoms with van der Waals surface area (Å²) in [6, 6.07) is 10.5. The number of carbonyl (C=O) groups excluding carboxylic acids is 2. The van der Waals surface area contributed by atoms with Crippen molar-refractivity contribution in [1.82, 2.24) is 25.9 Å². The van der Waals surface area contributed by atoms with Gasteiger partial charge in [-0.05, 0) is 143 Å². The number of ether oxygens (including phenoxy) is 2. The molecular formula is C40H58F2N8O4S2. The molecule has 0 radical (unpaired) electrons. The molecule has 2 aromatic carbocycles. The maximum absolute atomic E-state index is 13.3. The number of benzene rings is 2. The third-order valence-electron chi connectivity index (χ3n) is 9.70. The van der Waals surface area contributed by atoms with E-state index in [1.165, 1.54) is 53.7 Å². The van der Waals surface area contributed by atoms with E-state index in [1.807, 2.05) is 48.6 Å². The number of halogens is 2. The first-order chi connectivity index (χ1) is 26.4. The van der Waals surface area contributed by atoms with Gasteiger partial charge in [-0.15, -0.1) is 0 Å². The third-order valence-corrected chi connectivity index (χ3v) is 11.6. The molecule has 2 amide bonds. The van der Waals surface area contributed by atoms with Crippen molar-refractivity contribution in [2.75, 3.05) is 17.7 Å². The number of anilines is 2. The first-order valence-electron chi connectivity index (χ1n) is 19.5. The third kappa shape index (κ3) is 13.1. The maximum Gasteiger partial charge on any atom is 0.407 e. The zero-order valence-electron chi connectivity index (χ0n) is 33.5. The number of carbonyl (C=O) groups is 2. The van der Waals surface area contributed by atoms with E-state index in [0.29, 0.717) is 12.1 Å². The first-order valence-corrected chi connectivity index (χ1v) is 21.1. The summed E-state index contributed by atoms with van der Waals surface area (Å²) < 4.78 is 38.6. The molecule has 3 fully saturated rings. The average Bonchev–Trinajstić information content (AvgIpc) is 3.93. The monoisotopic (exact) mass is 816 g/mol. The lowest BCUT2D eigenvalue weighted by Crippen LogP contribution is -2.45. The quantitative estimate of drug-likeness (QED) is 0.106. The Morgan fingerprint density at radius 2 is 1.07 bits per heavy atom. The highest BCUT2D eigenvalue weighted by atomic mass is 32.1. The minimum atomic E-state index is -0.511. The molecular weight excluding hydrogens is 759 g/mol. The number of alkyl carbamates (subject to hydrolysis) is 2. The Kier molecular flexibility index (Phi) is 14.7. The highest BCUT2D eigenvalue weighted by molar-refractivity contribution is 7.22. The Balaban J connectivity index is 0.000000167. The number of aromatic nitrogens is 2. The molecule has 12 nitrogen and oxygen atoms in total. The highest BCUT2D eigenvalue weighted by Gasteiger charge is 2.31. The van der Waals surface area contributed by atoms with Gasteiger partial charge in [0.05, 0.1) is 26.5 Å². The Morgan fingerprint density at radius 3 is 1.52 bits per heavy atom. The minimum absolute atomic E-state index is 0.00333. The number of likely N-dealkylation sites (N-methyl/N-ethyl adjacent to an activating group) is 1. The van der Waals surface area contributed by atoms with Crippen LogP contribution in [0.3, 0.4) is 0 Å². The molecule has 7 N–H and O–H groups in total. The van der Waals surface area contributed by atoms with E-state index in [1.54, 1.807) is 18.2 Å². The van der Waals surface area contributed by atoms with Crippen molar-refractivity contribution in [2.45, 2.75) is 147 Å². The molecule has 16 heteroatoms. The van der Waals surface area contributed by atoms with Crippen molar-refractivity contribution in [3.8, 4) is 0 Å². The molecule has 3 aliphatic rings. The van der Waals surface area contributed by atoms with Gasteiger partial charge in [-0.25, -0.2) is 28.3 Å². The van der Waals surface area contributed by atoms with Crippen LogP contribution in [0.5, 0.6) is 0 Å². The van der Waals surface area contributed by atoms with Crippen LogP contribution in [0.15, 0.2) is 36.4 Å². The van der Waals surface area contributed by atoms with Crippen LogP contribution in [-0.2, 0) is 9.47 Å². The summed E-state index contributed by atoms with van der Waals surface area (Å²) in [5.41, 5.74) is 6.51. The van der Waals surface area contributed by atoms with Crippen LogP contribution in [0.4, 0.5) is 28.6 Å². The van der Waals surface area contributed by atoms with Crippen LogP contribution in [0.1, 0.15) is 99.3 Å². The lowest BCUT2D eigenvalue weighted by atomic mass is 10.2. The lowest BCUT2D eigenvalue weighted by molar-refractivity contribution is 0.0490. The molecule has 3 saturated carbocycles. The van der Waals surface area contributed by atoms with Crippen molar-refractivity contribution < 1.29 is 27.8 Å². The molecule has 2 aromatic heterocycles. The van der Waals surface area contributed by atoms with E-state index >= 15 is 0 Å². The minimum Gasteiger partial charge on any atom is -0.444 e. The fourth-order valence-corrected chi connectivity index (χ4v) is 9.01. The zero-order valence-corrected chi connectivity index (χ0v) is 35.1. The predicted octanol–water partition coefficient (Wildman–Crippen LogP) is 8.67. The second-order valence-corrected chi connectivity index (χ2v) is 18.7. The van der Waals surface area contributed by atoms with Gasteiger partial charge in [0.2, 0.25) is 0 Å². The predicted molar refractivity (Wildman–Crippen MR) is 223 cm³/mol. The van der Waals surface area contributed by atoms with E-state index in [9.17, 15) is 18.4 Å². The van der Waals surface area contributed by atoms with Crippen molar-refractivity contribution in [2.24, 2.45) is 5.73 Å². The fraction of sp³-hybridized carbons (Fsp3) is 0.600. The first kappa shape index (κ1) is 43.3. The summed E-state index contributed by atoms with van der Waals surface area (Å²) in [4.78, 5) is 32.3. The normalized spacial score (nSPS) is 23.5. The van der Waals surface area contributed by atoms with Gasteiger partial charge in [-0.2, -0.15) is 0 Å². The number of rotatable bonds is 7. The van der Waals surface area contributed by atoms with Gasteiger partial charge < -0.3 is 41.8 Å². The van der Waals surface area contributed by atoms with Gasteiger partial charge in [0.1, 0.15) is 22.8 Å². The lowest BCUT2D eigenvalue weighted by Gasteiger charge is -2.25. The van der Waals surface area contributed by atoms with Gasteiger partial charge in [0.15, 0.2) is 10.3 Å². The number of nitrogens with one attached hydrogen (secondary N) is 5. The van der Waals surface area contributed by atoms with Crippen LogP contribution in [0.2, 0.25) is 0 Å². The van der Waals surface area contributed by atoms with Crippen LogP contribution >= 0.6 is 22.7 Å². The summed E-state index contributed by atoms with van der Waals surface area (Å²) in [5, 5.41) is 17.6. The summed E-state index contributed by atoms with van der Waals surface area (Å²) in [6.07, 6.45) is 8.75. The molecule has 0 saturated heterocycles. The van der Waals surface area contributed by atoms with Crippen molar-refractivity contribution in [3.63, 3.8) is 0 Å².